The number of benzene rings is 1. The fraction of sp³-hybridized carbons (Fsp3) is 0.500. The van der Waals surface area contributed by atoms with E-state index in [-0.39, 0.29) is 18.4 Å². The highest BCUT2D eigenvalue weighted by atomic mass is 16.2. The number of hydrogen-bond donors (Lipinski definition) is 1. The van der Waals surface area contributed by atoms with Gasteiger partial charge in [-0.15, -0.1) is 0 Å². The standard InChI is InChI=1S/C22H28N4O2/c27-20-9-5-2-6-12-26(20)16-21(28)25-13-10-18(11-14-25)22-19(15-23-24-22)17-7-3-1-4-8-17/h1,3-4,7-8,15,18H,2,5-6,9-14,16H2,(H,23,24). The molecule has 1 aromatic carbocycles. The van der Waals surface area contributed by atoms with Gasteiger partial charge in [0.25, 0.3) is 0 Å². The lowest BCUT2D eigenvalue weighted by Gasteiger charge is -2.33. The first-order chi connectivity index (χ1) is 13.7. The van der Waals surface area contributed by atoms with E-state index in [4.69, 9.17) is 0 Å². The van der Waals surface area contributed by atoms with Crippen molar-refractivity contribution in [3.8, 4) is 11.1 Å². The van der Waals surface area contributed by atoms with Crippen LogP contribution in [-0.2, 0) is 9.59 Å². The fourth-order valence-electron chi connectivity index (χ4n) is 4.34. The number of piperidine rings is 1. The van der Waals surface area contributed by atoms with Crippen molar-refractivity contribution in [3.05, 3.63) is 42.2 Å². The van der Waals surface area contributed by atoms with Crippen molar-refractivity contribution in [2.24, 2.45) is 0 Å². The largest absolute Gasteiger partial charge is 0.341 e. The second-order valence-electron chi connectivity index (χ2n) is 7.84. The predicted molar refractivity (Wildman–Crippen MR) is 108 cm³/mol. The van der Waals surface area contributed by atoms with Gasteiger partial charge in [0.2, 0.25) is 11.8 Å². The van der Waals surface area contributed by atoms with Crippen LogP contribution in [0.15, 0.2) is 36.5 Å². The zero-order chi connectivity index (χ0) is 19.3. The van der Waals surface area contributed by atoms with Crippen molar-refractivity contribution < 1.29 is 9.59 Å². The molecule has 1 N–H and O–H groups in total. The Kier molecular flexibility index (Phi) is 5.74. The zero-order valence-electron chi connectivity index (χ0n) is 16.3. The molecule has 148 valence electrons. The number of carbonyl (C=O) groups excluding carboxylic acids is 2. The molecule has 0 unspecified atom stereocenters. The van der Waals surface area contributed by atoms with Gasteiger partial charge in [-0.25, -0.2) is 0 Å². The summed E-state index contributed by atoms with van der Waals surface area (Å²) >= 11 is 0. The molecular formula is C22H28N4O2. The summed E-state index contributed by atoms with van der Waals surface area (Å²) in [6.45, 7) is 2.43. The quantitative estimate of drug-likeness (QED) is 0.886. The second kappa shape index (κ2) is 8.59. The number of H-pyrrole nitrogens is 1. The lowest BCUT2D eigenvalue weighted by Crippen LogP contribution is -2.45. The van der Waals surface area contributed by atoms with Crippen LogP contribution in [0, 0.1) is 0 Å². The summed E-state index contributed by atoms with van der Waals surface area (Å²) in [6.07, 6.45) is 7.34. The Balaban J connectivity index is 1.36. The van der Waals surface area contributed by atoms with Crippen molar-refractivity contribution in [3.63, 3.8) is 0 Å². The van der Waals surface area contributed by atoms with Gasteiger partial charge in [-0.05, 0) is 31.2 Å². The summed E-state index contributed by atoms with van der Waals surface area (Å²) in [6, 6.07) is 10.3. The fourth-order valence-corrected chi connectivity index (χ4v) is 4.34. The molecule has 4 rings (SSSR count). The molecule has 3 heterocycles. The highest BCUT2D eigenvalue weighted by Gasteiger charge is 2.28. The number of amides is 2. The van der Waals surface area contributed by atoms with Crippen molar-refractivity contribution in [2.75, 3.05) is 26.2 Å². The summed E-state index contributed by atoms with van der Waals surface area (Å²) < 4.78 is 0. The van der Waals surface area contributed by atoms with E-state index < -0.39 is 0 Å². The second-order valence-corrected chi connectivity index (χ2v) is 7.84. The van der Waals surface area contributed by atoms with E-state index in [0.717, 1.165) is 57.3 Å². The average molecular weight is 380 g/mol. The van der Waals surface area contributed by atoms with Crippen LogP contribution >= 0.6 is 0 Å². The van der Waals surface area contributed by atoms with E-state index in [1.165, 1.54) is 11.3 Å². The number of nitrogens with zero attached hydrogens (tertiary/aromatic N) is 3. The lowest BCUT2D eigenvalue weighted by molar-refractivity contribution is -0.140. The normalized spacial score (nSPS) is 18.9. The van der Waals surface area contributed by atoms with E-state index in [0.29, 0.717) is 12.3 Å². The van der Waals surface area contributed by atoms with Crippen LogP contribution in [0.1, 0.15) is 50.1 Å². The smallest absolute Gasteiger partial charge is 0.242 e. The van der Waals surface area contributed by atoms with Crippen molar-refractivity contribution in [2.45, 2.75) is 44.4 Å². The minimum absolute atomic E-state index is 0.0848. The molecule has 6 nitrogen and oxygen atoms in total. The topological polar surface area (TPSA) is 69.3 Å². The zero-order valence-corrected chi connectivity index (χ0v) is 16.3. The van der Waals surface area contributed by atoms with Gasteiger partial charge in [0.05, 0.1) is 12.7 Å². The Labute approximate surface area is 165 Å². The van der Waals surface area contributed by atoms with Crippen LogP contribution in [0.3, 0.4) is 0 Å². The maximum Gasteiger partial charge on any atom is 0.242 e. The summed E-state index contributed by atoms with van der Waals surface area (Å²) in [5, 5.41) is 7.46. The molecule has 2 saturated heterocycles. The Morgan fingerprint density at radius 3 is 2.64 bits per heavy atom. The number of likely N-dealkylation sites (tertiary alicyclic amines) is 2. The Morgan fingerprint density at radius 2 is 1.86 bits per heavy atom. The number of hydrogen-bond acceptors (Lipinski definition) is 3. The van der Waals surface area contributed by atoms with Gasteiger partial charge in [-0.1, -0.05) is 36.8 Å². The molecule has 2 aliphatic heterocycles. The molecule has 2 amide bonds. The highest BCUT2D eigenvalue weighted by Crippen LogP contribution is 2.33. The van der Waals surface area contributed by atoms with Crippen LogP contribution in [0.25, 0.3) is 11.1 Å². The molecule has 2 fully saturated rings. The molecule has 0 saturated carbocycles. The van der Waals surface area contributed by atoms with E-state index in [2.05, 4.69) is 22.3 Å². The summed E-state index contributed by atoms with van der Waals surface area (Å²) in [5.74, 6) is 0.592. The summed E-state index contributed by atoms with van der Waals surface area (Å²) in [5.41, 5.74) is 3.49. The third-order valence-electron chi connectivity index (χ3n) is 6.01. The van der Waals surface area contributed by atoms with Crippen LogP contribution in [0.5, 0.6) is 0 Å². The number of nitrogens with one attached hydrogen (secondary N) is 1. The molecule has 0 bridgehead atoms. The van der Waals surface area contributed by atoms with Gasteiger partial charge < -0.3 is 9.80 Å². The molecule has 0 aliphatic carbocycles. The molecular weight excluding hydrogens is 352 g/mol. The third-order valence-corrected chi connectivity index (χ3v) is 6.01. The number of aromatic amines is 1. The van der Waals surface area contributed by atoms with Gasteiger partial charge in [0.15, 0.2) is 0 Å². The molecule has 6 heteroatoms. The first-order valence-corrected chi connectivity index (χ1v) is 10.4. The van der Waals surface area contributed by atoms with Gasteiger partial charge in [0, 0.05) is 43.2 Å². The van der Waals surface area contributed by atoms with Crippen molar-refractivity contribution >= 4 is 11.8 Å². The van der Waals surface area contributed by atoms with Crippen LogP contribution in [-0.4, -0.2) is 58.0 Å². The molecule has 28 heavy (non-hydrogen) atoms. The summed E-state index contributed by atoms with van der Waals surface area (Å²) in [4.78, 5) is 28.6. The molecule has 0 radical (unpaired) electrons. The third kappa shape index (κ3) is 4.11. The minimum atomic E-state index is 0.0848. The molecule has 2 aromatic rings. The lowest BCUT2D eigenvalue weighted by atomic mass is 9.89. The Morgan fingerprint density at radius 1 is 1.07 bits per heavy atom. The minimum Gasteiger partial charge on any atom is -0.341 e. The van der Waals surface area contributed by atoms with E-state index in [1.807, 2.05) is 29.3 Å². The van der Waals surface area contributed by atoms with Crippen LogP contribution in [0.2, 0.25) is 0 Å². The van der Waals surface area contributed by atoms with Gasteiger partial charge >= 0.3 is 0 Å². The van der Waals surface area contributed by atoms with Crippen LogP contribution < -0.4 is 0 Å². The first-order valence-electron chi connectivity index (χ1n) is 10.4. The SMILES string of the molecule is O=C(CN1CCCCCC1=O)N1CCC(c2[nH]ncc2-c2ccccc2)CC1. The number of carbonyl (C=O) groups is 2. The Bertz CT molecular complexity index is 809. The average Bonchev–Trinajstić information content (AvgIpc) is 3.14. The van der Waals surface area contributed by atoms with E-state index >= 15 is 0 Å². The van der Waals surface area contributed by atoms with Crippen molar-refractivity contribution in [1.82, 2.24) is 20.0 Å². The van der Waals surface area contributed by atoms with Crippen molar-refractivity contribution in [1.29, 1.82) is 0 Å². The van der Waals surface area contributed by atoms with E-state index in [9.17, 15) is 9.59 Å². The highest BCUT2D eigenvalue weighted by molar-refractivity contribution is 5.85. The maximum atomic E-state index is 12.7. The first kappa shape index (κ1) is 18.7. The summed E-state index contributed by atoms with van der Waals surface area (Å²) in [7, 11) is 0. The Hall–Kier alpha value is -2.63. The van der Waals surface area contributed by atoms with Crippen LogP contribution in [0.4, 0.5) is 0 Å². The monoisotopic (exact) mass is 380 g/mol. The molecule has 1 aromatic heterocycles. The number of aromatic nitrogens is 2. The van der Waals surface area contributed by atoms with Gasteiger partial charge in [-0.3, -0.25) is 14.7 Å². The number of rotatable bonds is 4. The van der Waals surface area contributed by atoms with Gasteiger partial charge in [0.1, 0.15) is 0 Å². The predicted octanol–water partition coefficient (Wildman–Crippen LogP) is 3.19. The van der Waals surface area contributed by atoms with Gasteiger partial charge in [-0.2, -0.15) is 5.10 Å². The molecule has 0 spiro atoms. The molecule has 2 aliphatic rings. The maximum absolute atomic E-state index is 12.7. The molecule has 0 atom stereocenters. The van der Waals surface area contributed by atoms with E-state index in [1.54, 1.807) is 4.90 Å².